The van der Waals surface area contributed by atoms with E-state index in [9.17, 15) is 0 Å². The number of pyridine rings is 1. The molecule has 1 aliphatic rings. The van der Waals surface area contributed by atoms with E-state index in [2.05, 4.69) is 26.0 Å². The Bertz CT molecular complexity index is 504. The average molecular weight is 273 g/mol. The van der Waals surface area contributed by atoms with Crippen LogP contribution in [0.3, 0.4) is 0 Å². The summed E-state index contributed by atoms with van der Waals surface area (Å²) in [5.41, 5.74) is 1.07. The molecule has 3 rings (SSSR count). The van der Waals surface area contributed by atoms with E-state index in [1.807, 2.05) is 10.7 Å². The van der Waals surface area contributed by atoms with Crippen LogP contribution in [0.4, 0.5) is 0 Å². The highest BCUT2D eigenvalue weighted by molar-refractivity contribution is 9.10. The molecule has 1 fully saturated rings. The minimum atomic E-state index is 0.515. The summed E-state index contributed by atoms with van der Waals surface area (Å²) in [6.07, 6.45) is 4.14. The molecule has 14 heavy (non-hydrogen) atoms. The van der Waals surface area contributed by atoms with Crippen LogP contribution >= 0.6 is 27.5 Å². The molecule has 72 valence electrons. The van der Waals surface area contributed by atoms with E-state index in [-0.39, 0.29) is 0 Å². The van der Waals surface area contributed by atoms with Gasteiger partial charge in [-0.25, -0.2) is 4.98 Å². The molecule has 2 aromatic rings. The molecule has 1 saturated carbocycles. The molecule has 0 N–H and O–H groups in total. The van der Waals surface area contributed by atoms with E-state index in [1.165, 1.54) is 12.8 Å². The van der Waals surface area contributed by atoms with Gasteiger partial charge in [-0.05, 0) is 34.8 Å². The van der Waals surface area contributed by atoms with Crippen molar-refractivity contribution in [1.82, 2.24) is 14.8 Å². The van der Waals surface area contributed by atoms with Crippen LogP contribution in [0.15, 0.2) is 16.9 Å². The van der Waals surface area contributed by atoms with Gasteiger partial charge in [0.15, 0.2) is 0 Å². The molecule has 2 heterocycles. The van der Waals surface area contributed by atoms with Crippen molar-refractivity contribution in [2.75, 3.05) is 0 Å². The zero-order valence-electron chi connectivity index (χ0n) is 7.24. The second-order valence-electron chi connectivity index (χ2n) is 3.46. The molecule has 5 heteroatoms. The van der Waals surface area contributed by atoms with Crippen molar-refractivity contribution in [2.45, 2.75) is 18.9 Å². The van der Waals surface area contributed by atoms with Gasteiger partial charge in [0.1, 0.15) is 9.76 Å². The van der Waals surface area contributed by atoms with Gasteiger partial charge in [0.2, 0.25) is 0 Å². The fourth-order valence-electron chi connectivity index (χ4n) is 1.60. The van der Waals surface area contributed by atoms with Gasteiger partial charge < -0.3 is 0 Å². The Kier molecular flexibility index (Phi) is 1.82. The van der Waals surface area contributed by atoms with Gasteiger partial charge in [-0.3, -0.25) is 4.68 Å². The summed E-state index contributed by atoms with van der Waals surface area (Å²) >= 11 is 9.41. The summed E-state index contributed by atoms with van der Waals surface area (Å²) in [5.74, 6) is 0. The van der Waals surface area contributed by atoms with Gasteiger partial charge in [-0.15, -0.1) is 0 Å². The van der Waals surface area contributed by atoms with Crippen LogP contribution in [0.5, 0.6) is 0 Å². The topological polar surface area (TPSA) is 30.7 Å². The molecule has 0 amide bonds. The van der Waals surface area contributed by atoms with E-state index < -0.39 is 0 Å². The maximum Gasteiger partial charge on any atom is 0.141 e. The summed E-state index contributed by atoms with van der Waals surface area (Å²) in [6, 6.07) is 2.51. The Morgan fingerprint density at radius 1 is 1.50 bits per heavy atom. The van der Waals surface area contributed by atoms with E-state index in [4.69, 9.17) is 11.6 Å². The molecule has 2 aromatic heterocycles. The lowest BCUT2D eigenvalue weighted by Crippen LogP contribution is -1.95. The van der Waals surface area contributed by atoms with Crippen LogP contribution in [0, 0.1) is 0 Å². The second kappa shape index (κ2) is 2.94. The fraction of sp³-hybridized carbons (Fsp3) is 0.333. The van der Waals surface area contributed by atoms with Crippen molar-refractivity contribution >= 4 is 38.4 Å². The summed E-state index contributed by atoms with van der Waals surface area (Å²) in [6.45, 7) is 0. The standard InChI is InChI=1S/C9H7BrClN3/c10-8-7-6(3-4-12-9(7)11)14(13-8)5-1-2-5/h3-5H,1-2H2. The normalized spacial score (nSPS) is 16.4. The van der Waals surface area contributed by atoms with E-state index in [0.29, 0.717) is 11.2 Å². The van der Waals surface area contributed by atoms with Crippen LogP contribution in [0.1, 0.15) is 18.9 Å². The Hall–Kier alpha value is -0.610. The number of aromatic nitrogens is 3. The van der Waals surface area contributed by atoms with Gasteiger partial charge in [-0.1, -0.05) is 11.6 Å². The van der Waals surface area contributed by atoms with Gasteiger partial charge >= 0.3 is 0 Å². The molecule has 3 nitrogen and oxygen atoms in total. The molecular weight excluding hydrogens is 265 g/mol. The van der Waals surface area contributed by atoms with Crippen LogP contribution in [-0.4, -0.2) is 14.8 Å². The average Bonchev–Trinajstić information content (AvgIpc) is 2.93. The number of hydrogen-bond acceptors (Lipinski definition) is 2. The lowest BCUT2D eigenvalue weighted by atomic mass is 10.3. The molecule has 0 aromatic carbocycles. The Balaban J connectivity index is 2.37. The number of rotatable bonds is 1. The first-order valence-electron chi connectivity index (χ1n) is 4.45. The van der Waals surface area contributed by atoms with Crippen LogP contribution < -0.4 is 0 Å². The van der Waals surface area contributed by atoms with Crippen LogP contribution in [0.25, 0.3) is 10.9 Å². The SMILES string of the molecule is Clc1nccc2c1c(Br)nn2C1CC1. The second-order valence-corrected chi connectivity index (χ2v) is 4.57. The zero-order valence-corrected chi connectivity index (χ0v) is 9.59. The first-order valence-corrected chi connectivity index (χ1v) is 5.62. The molecule has 0 spiro atoms. The van der Waals surface area contributed by atoms with E-state index in [1.54, 1.807) is 6.20 Å². The van der Waals surface area contributed by atoms with Crippen LogP contribution in [0.2, 0.25) is 5.15 Å². The number of hydrogen-bond donors (Lipinski definition) is 0. The smallest absolute Gasteiger partial charge is 0.141 e. The molecule has 0 atom stereocenters. The van der Waals surface area contributed by atoms with Crippen molar-refractivity contribution in [3.8, 4) is 0 Å². The van der Waals surface area contributed by atoms with Crippen LogP contribution in [-0.2, 0) is 0 Å². The van der Waals surface area contributed by atoms with Crippen molar-refractivity contribution in [3.05, 3.63) is 22.0 Å². The van der Waals surface area contributed by atoms with Crippen molar-refractivity contribution in [2.24, 2.45) is 0 Å². The minimum absolute atomic E-state index is 0.515. The molecule has 0 saturated heterocycles. The van der Waals surface area contributed by atoms with Gasteiger partial charge in [0.25, 0.3) is 0 Å². The Labute approximate surface area is 94.2 Å². The maximum atomic E-state index is 6.01. The molecule has 0 aliphatic heterocycles. The maximum absolute atomic E-state index is 6.01. The Morgan fingerprint density at radius 3 is 3.00 bits per heavy atom. The van der Waals surface area contributed by atoms with Gasteiger partial charge in [0, 0.05) is 6.20 Å². The third-order valence-corrected chi connectivity index (χ3v) is 3.27. The quantitative estimate of drug-likeness (QED) is 0.747. The monoisotopic (exact) mass is 271 g/mol. The van der Waals surface area contributed by atoms with Crippen molar-refractivity contribution < 1.29 is 0 Å². The predicted octanol–water partition coefficient (Wildman–Crippen LogP) is 3.18. The summed E-state index contributed by atoms with van der Waals surface area (Å²) in [7, 11) is 0. The van der Waals surface area contributed by atoms with E-state index in [0.717, 1.165) is 15.5 Å². The minimum Gasteiger partial charge on any atom is -0.260 e. The molecular formula is C9H7BrClN3. The summed E-state index contributed by atoms with van der Waals surface area (Å²) in [4.78, 5) is 4.04. The largest absolute Gasteiger partial charge is 0.260 e. The third kappa shape index (κ3) is 1.17. The van der Waals surface area contributed by atoms with E-state index >= 15 is 0 Å². The summed E-state index contributed by atoms with van der Waals surface area (Å²) in [5, 5.41) is 5.85. The lowest BCUT2D eigenvalue weighted by Gasteiger charge is -1.98. The molecule has 0 unspecified atom stereocenters. The highest BCUT2D eigenvalue weighted by atomic mass is 79.9. The van der Waals surface area contributed by atoms with Gasteiger partial charge in [-0.2, -0.15) is 5.10 Å². The van der Waals surface area contributed by atoms with Crippen molar-refractivity contribution in [3.63, 3.8) is 0 Å². The highest BCUT2D eigenvalue weighted by Gasteiger charge is 2.27. The first-order chi connectivity index (χ1) is 6.77. The van der Waals surface area contributed by atoms with Gasteiger partial charge in [0.05, 0.1) is 16.9 Å². The zero-order chi connectivity index (χ0) is 9.71. The lowest BCUT2D eigenvalue weighted by molar-refractivity contribution is 0.660. The molecule has 1 aliphatic carbocycles. The number of nitrogens with zero attached hydrogens (tertiary/aromatic N) is 3. The highest BCUT2D eigenvalue weighted by Crippen LogP contribution is 2.39. The molecule has 0 bridgehead atoms. The van der Waals surface area contributed by atoms with Crippen molar-refractivity contribution in [1.29, 1.82) is 0 Å². The third-order valence-electron chi connectivity index (χ3n) is 2.42. The first kappa shape index (κ1) is 8.68. The fourth-order valence-corrected chi connectivity index (χ4v) is 2.52. The number of halogens is 2. The molecule has 0 radical (unpaired) electrons. The Morgan fingerprint density at radius 2 is 2.29 bits per heavy atom. The summed E-state index contributed by atoms with van der Waals surface area (Å²) < 4.78 is 2.82. The number of fused-ring (bicyclic) bond motifs is 1. The predicted molar refractivity (Wildman–Crippen MR) is 58.5 cm³/mol.